The van der Waals surface area contributed by atoms with Crippen molar-refractivity contribution < 1.29 is 4.79 Å². The van der Waals surface area contributed by atoms with E-state index >= 15 is 0 Å². The maximum absolute atomic E-state index is 11.6. The number of amides is 1. The molecule has 0 radical (unpaired) electrons. The van der Waals surface area contributed by atoms with Crippen molar-refractivity contribution in [3.63, 3.8) is 0 Å². The van der Waals surface area contributed by atoms with E-state index < -0.39 is 0 Å². The molecular formula is C15H28N4O. The summed E-state index contributed by atoms with van der Waals surface area (Å²) < 4.78 is 0. The van der Waals surface area contributed by atoms with Crippen LogP contribution in [0.25, 0.3) is 0 Å². The molecule has 1 heterocycles. The molecule has 1 amide bonds. The summed E-state index contributed by atoms with van der Waals surface area (Å²) in [4.78, 5) is 19.9. The molecule has 0 aromatic carbocycles. The average molecular weight is 280 g/mol. The van der Waals surface area contributed by atoms with Crippen molar-refractivity contribution in [3.8, 4) is 0 Å². The SMILES string of the molecule is CN=C(NCCC(=O)N(C)C)N1CCC2(CCCC2)C1. The molecule has 1 saturated heterocycles. The number of rotatable bonds is 3. The van der Waals surface area contributed by atoms with E-state index in [0.29, 0.717) is 18.4 Å². The van der Waals surface area contributed by atoms with Gasteiger partial charge in [0.1, 0.15) is 0 Å². The van der Waals surface area contributed by atoms with Gasteiger partial charge < -0.3 is 15.1 Å². The van der Waals surface area contributed by atoms with Crippen molar-refractivity contribution in [3.05, 3.63) is 0 Å². The molecule has 0 aromatic rings. The van der Waals surface area contributed by atoms with Gasteiger partial charge in [-0.15, -0.1) is 0 Å². The summed E-state index contributed by atoms with van der Waals surface area (Å²) >= 11 is 0. The molecule has 1 N–H and O–H groups in total. The summed E-state index contributed by atoms with van der Waals surface area (Å²) in [5, 5.41) is 3.33. The number of hydrogen-bond acceptors (Lipinski definition) is 2. The summed E-state index contributed by atoms with van der Waals surface area (Å²) in [6.07, 6.45) is 7.34. The van der Waals surface area contributed by atoms with E-state index in [1.807, 2.05) is 7.05 Å². The molecule has 1 saturated carbocycles. The number of guanidine groups is 1. The van der Waals surface area contributed by atoms with Gasteiger partial charge in [-0.2, -0.15) is 0 Å². The number of carbonyl (C=O) groups is 1. The van der Waals surface area contributed by atoms with Crippen LogP contribution in [0.1, 0.15) is 38.5 Å². The smallest absolute Gasteiger partial charge is 0.223 e. The van der Waals surface area contributed by atoms with Gasteiger partial charge >= 0.3 is 0 Å². The normalized spacial score (nSPS) is 21.6. The van der Waals surface area contributed by atoms with E-state index in [4.69, 9.17) is 0 Å². The summed E-state index contributed by atoms with van der Waals surface area (Å²) in [6.45, 7) is 2.89. The fourth-order valence-electron chi connectivity index (χ4n) is 3.49. The van der Waals surface area contributed by atoms with Crippen molar-refractivity contribution in [2.75, 3.05) is 40.8 Å². The Morgan fingerprint density at radius 3 is 2.60 bits per heavy atom. The third kappa shape index (κ3) is 3.44. The van der Waals surface area contributed by atoms with Crippen LogP contribution in [0.3, 0.4) is 0 Å². The fourth-order valence-corrected chi connectivity index (χ4v) is 3.49. The van der Waals surface area contributed by atoms with Gasteiger partial charge in [0, 0.05) is 47.2 Å². The number of nitrogens with one attached hydrogen (secondary N) is 1. The van der Waals surface area contributed by atoms with Crippen LogP contribution in [0.4, 0.5) is 0 Å². The van der Waals surface area contributed by atoms with Crippen LogP contribution in [0.2, 0.25) is 0 Å². The Hall–Kier alpha value is -1.26. The first kappa shape index (κ1) is 15.1. The number of nitrogens with zero attached hydrogens (tertiary/aromatic N) is 3. The highest BCUT2D eigenvalue weighted by atomic mass is 16.2. The van der Waals surface area contributed by atoms with Gasteiger partial charge in [0.05, 0.1) is 0 Å². The largest absolute Gasteiger partial charge is 0.356 e. The van der Waals surface area contributed by atoms with Crippen LogP contribution >= 0.6 is 0 Å². The third-order valence-electron chi connectivity index (χ3n) is 4.73. The van der Waals surface area contributed by atoms with Gasteiger partial charge in [-0.05, 0) is 24.7 Å². The van der Waals surface area contributed by atoms with E-state index in [-0.39, 0.29) is 5.91 Å². The fraction of sp³-hybridized carbons (Fsp3) is 0.867. The minimum absolute atomic E-state index is 0.154. The van der Waals surface area contributed by atoms with E-state index in [0.717, 1.165) is 19.0 Å². The van der Waals surface area contributed by atoms with Crippen LogP contribution in [0.5, 0.6) is 0 Å². The molecule has 2 fully saturated rings. The monoisotopic (exact) mass is 280 g/mol. The Labute approximate surface area is 122 Å². The Morgan fingerprint density at radius 2 is 2.00 bits per heavy atom. The van der Waals surface area contributed by atoms with Crippen molar-refractivity contribution in [1.82, 2.24) is 15.1 Å². The lowest BCUT2D eigenvalue weighted by Crippen LogP contribution is -2.42. The minimum atomic E-state index is 0.154. The van der Waals surface area contributed by atoms with Crippen LogP contribution in [-0.4, -0.2) is 62.4 Å². The molecule has 0 bridgehead atoms. The Kier molecular flexibility index (Phi) is 4.89. The number of aliphatic imine (C=N–C) groups is 1. The predicted molar refractivity (Wildman–Crippen MR) is 81.8 cm³/mol. The average Bonchev–Trinajstić information content (AvgIpc) is 3.05. The third-order valence-corrected chi connectivity index (χ3v) is 4.73. The van der Waals surface area contributed by atoms with Gasteiger partial charge in [-0.25, -0.2) is 0 Å². The highest BCUT2D eigenvalue weighted by molar-refractivity contribution is 5.81. The topological polar surface area (TPSA) is 47.9 Å². The van der Waals surface area contributed by atoms with Crippen molar-refractivity contribution in [2.45, 2.75) is 38.5 Å². The second-order valence-electron chi connectivity index (χ2n) is 6.39. The first-order valence-corrected chi connectivity index (χ1v) is 7.72. The lowest BCUT2D eigenvalue weighted by molar-refractivity contribution is -0.128. The second-order valence-corrected chi connectivity index (χ2v) is 6.39. The highest BCUT2D eigenvalue weighted by Gasteiger charge is 2.40. The number of hydrogen-bond donors (Lipinski definition) is 1. The molecule has 0 atom stereocenters. The zero-order valence-corrected chi connectivity index (χ0v) is 13.1. The summed E-state index contributed by atoms with van der Waals surface area (Å²) in [7, 11) is 5.42. The van der Waals surface area contributed by atoms with Gasteiger partial charge in [-0.1, -0.05) is 12.8 Å². The highest BCUT2D eigenvalue weighted by Crippen LogP contribution is 2.45. The maximum Gasteiger partial charge on any atom is 0.223 e. The first-order chi connectivity index (χ1) is 9.56. The van der Waals surface area contributed by atoms with Crippen LogP contribution < -0.4 is 5.32 Å². The van der Waals surface area contributed by atoms with Crippen molar-refractivity contribution in [2.24, 2.45) is 10.4 Å². The van der Waals surface area contributed by atoms with E-state index in [1.54, 1.807) is 19.0 Å². The molecule has 114 valence electrons. The minimum Gasteiger partial charge on any atom is -0.356 e. The van der Waals surface area contributed by atoms with E-state index in [2.05, 4.69) is 15.2 Å². The lowest BCUT2D eigenvalue weighted by Gasteiger charge is -2.26. The van der Waals surface area contributed by atoms with Crippen LogP contribution in [-0.2, 0) is 4.79 Å². The van der Waals surface area contributed by atoms with E-state index in [1.165, 1.54) is 32.1 Å². The molecule has 1 aliphatic heterocycles. The molecule has 2 rings (SSSR count). The Morgan fingerprint density at radius 1 is 1.30 bits per heavy atom. The molecule has 1 aliphatic carbocycles. The van der Waals surface area contributed by atoms with Crippen LogP contribution in [0, 0.1) is 5.41 Å². The van der Waals surface area contributed by atoms with Crippen LogP contribution in [0.15, 0.2) is 4.99 Å². The van der Waals surface area contributed by atoms with Gasteiger partial charge in [0.2, 0.25) is 5.91 Å². The van der Waals surface area contributed by atoms with Gasteiger partial charge in [0.25, 0.3) is 0 Å². The molecule has 0 unspecified atom stereocenters. The van der Waals surface area contributed by atoms with E-state index in [9.17, 15) is 4.79 Å². The number of likely N-dealkylation sites (tertiary alicyclic amines) is 1. The van der Waals surface area contributed by atoms with Crippen molar-refractivity contribution >= 4 is 11.9 Å². The molecule has 20 heavy (non-hydrogen) atoms. The molecular weight excluding hydrogens is 252 g/mol. The lowest BCUT2D eigenvalue weighted by atomic mass is 9.86. The summed E-state index contributed by atoms with van der Waals surface area (Å²) in [6, 6.07) is 0. The summed E-state index contributed by atoms with van der Waals surface area (Å²) in [5.74, 6) is 1.11. The zero-order valence-electron chi connectivity index (χ0n) is 13.1. The maximum atomic E-state index is 11.6. The van der Waals surface area contributed by atoms with Crippen molar-refractivity contribution in [1.29, 1.82) is 0 Å². The zero-order chi connectivity index (χ0) is 14.6. The standard InChI is InChI=1S/C15H28N4O/c1-16-14(17-10-6-13(20)18(2)3)19-11-9-15(12-19)7-4-5-8-15/h4-12H2,1-3H3,(H,16,17). The quantitative estimate of drug-likeness (QED) is 0.626. The molecule has 1 spiro atoms. The Bertz CT molecular complexity index is 372. The van der Waals surface area contributed by atoms with Gasteiger partial charge in [-0.3, -0.25) is 9.79 Å². The molecule has 5 heteroatoms. The Balaban J connectivity index is 1.80. The second kappa shape index (κ2) is 6.46. The first-order valence-electron chi connectivity index (χ1n) is 7.72. The van der Waals surface area contributed by atoms with Gasteiger partial charge in [0.15, 0.2) is 5.96 Å². The molecule has 5 nitrogen and oxygen atoms in total. The molecule has 2 aliphatic rings. The number of carbonyl (C=O) groups excluding carboxylic acids is 1. The summed E-state index contributed by atoms with van der Waals surface area (Å²) in [5.41, 5.74) is 0.553. The predicted octanol–water partition coefficient (Wildman–Crippen LogP) is 1.31. The molecule has 0 aromatic heterocycles.